The van der Waals surface area contributed by atoms with Crippen LogP contribution in [0.25, 0.3) is 11.3 Å². The number of carbonyl (C=O) groups is 1. The SMILES string of the molecule is O=C(NCCn1nc(-c2ccc(F)cc2)ccc1=O)c1ccc(=O)n(Cc2ccccc2)n1. The van der Waals surface area contributed by atoms with Crippen molar-refractivity contribution >= 4 is 5.91 Å². The van der Waals surface area contributed by atoms with E-state index in [9.17, 15) is 18.8 Å². The quantitative estimate of drug-likeness (QED) is 0.470. The van der Waals surface area contributed by atoms with Crippen molar-refractivity contribution in [1.29, 1.82) is 0 Å². The molecule has 2 heterocycles. The number of aromatic nitrogens is 4. The van der Waals surface area contributed by atoms with Gasteiger partial charge in [-0.15, -0.1) is 0 Å². The van der Waals surface area contributed by atoms with Crippen LogP contribution in [0, 0.1) is 5.82 Å². The highest BCUT2D eigenvalue weighted by molar-refractivity contribution is 5.91. The van der Waals surface area contributed by atoms with E-state index in [0.717, 1.165) is 5.56 Å². The fourth-order valence-electron chi connectivity index (χ4n) is 3.19. The number of nitrogens with one attached hydrogen (secondary N) is 1. The van der Waals surface area contributed by atoms with Gasteiger partial charge in [-0.25, -0.2) is 13.8 Å². The first-order valence-corrected chi connectivity index (χ1v) is 10.2. The van der Waals surface area contributed by atoms with Crippen LogP contribution in [0.15, 0.2) is 88.5 Å². The second kappa shape index (κ2) is 9.82. The highest BCUT2D eigenvalue weighted by Crippen LogP contribution is 2.15. The van der Waals surface area contributed by atoms with Crippen molar-refractivity contribution in [2.45, 2.75) is 13.1 Å². The van der Waals surface area contributed by atoms with E-state index in [1.165, 1.54) is 39.7 Å². The molecule has 0 radical (unpaired) electrons. The molecule has 4 rings (SSSR count). The molecule has 1 amide bonds. The first kappa shape index (κ1) is 21.8. The van der Waals surface area contributed by atoms with E-state index in [4.69, 9.17) is 0 Å². The molecule has 0 fully saturated rings. The molecule has 0 spiro atoms. The Morgan fingerprint density at radius 3 is 2.27 bits per heavy atom. The monoisotopic (exact) mass is 445 g/mol. The second-order valence-corrected chi connectivity index (χ2v) is 7.24. The third-order valence-corrected chi connectivity index (χ3v) is 4.89. The number of benzene rings is 2. The summed E-state index contributed by atoms with van der Waals surface area (Å²) in [6.45, 7) is 0.498. The van der Waals surface area contributed by atoms with E-state index in [1.54, 1.807) is 18.2 Å². The number of nitrogens with zero attached hydrogens (tertiary/aromatic N) is 4. The van der Waals surface area contributed by atoms with E-state index in [-0.39, 0.29) is 42.3 Å². The van der Waals surface area contributed by atoms with Gasteiger partial charge in [0.2, 0.25) is 0 Å². The molecule has 166 valence electrons. The smallest absolute Gasteiger partial charge is 0.271 e. The van der Waals surface area contributed by atoms with Gasteiger partial charge in [-0.1, -0.05) is 30.3 Å². The lowest BCUT2D eigenvalue weighted by Gasteiger charge is -2.10. The van der Waals surface area contributed by atoms with Crippen LogP contribution in [0.1, 0.15) is 16.1 Å². The highest BCUT2D eigenvalue weighted by Gasteiger charge is 2.10. The Hall–Kier alpha value is -4.40. The van der Waals surface area contributed by atoms with Gasteiger partial charge in [0, 0.05) is 24.2 Å². The maximum atomic E-state index is 13.1. The maximum Gasteiger partial charge on any atom is 0.271 e. The Labute approximate surface area is 187 Å². The summed E-state index contributed by atoms with van der Waals surface area (Å²) in [4.78, 5) is 36.8. The van der Waals surface area contributed by atoms with Crippen LogP contribution in [-0.2, 0) is 13.1 Å². The first-order chi connectivity index (χ1) is 16.0. The topological polar surface area (TPSA) is 98.9 Å². The first-order valence-electron chi connectivity index (χ1n) is 10.2. The Kier molecular flexibility index (Phi) is 6.49. The summed E-state index contributed by atoms with van der Waals surface area (Å²) < 4.78 is 15.6. The molecule has 9 heteroatoms. The summed E-state index contributed by atoms with van der Waals surface area (Å²) in [7, 11) is 0. The van der Waals surface area contributed by atoms with Crippen molar-refractivity contribution < 1.29 is 9.18 Å². The zero-order valence-corrected chi connectivity index (χ0v) is 17.5. The highest BCUT2D eigenvalue weighted by atomic mass is 19.1. The van der Waals surface area contributed by atoms with Crippen molar-refractivity contribution in [3.05, 3.63) is 117 Å². The van der Waals surface area contributed by atoms with Gasteiger partial charge in [0.1, 0.15) is 11.5 Å². The third kappa shape index (κ3) is 5.45. The predicted octanol–water partition coefficient (Wildman–Crippen LogP) is 2.08. The van der Waals surface area contributed by atoms with Crippen LogP contribution < -0.4 is 16.4 Å². The van der Waals surface area contributed by atoms with Crippen LogP contribution in [0.5, 0.6) is 0 Å². The number of halogens is 1. The number of amides is 1. The average molecular weight is 445 g/mol. The Bertz CT molecular complexity index is 1380. The Balaban J connectivity index is 1.42. The molecule has 2 aromatic carbocycles. The third-order valence-electron chi connectivity index (χ3n) is 4.89. The average Bonchev–Trinajstić information content (AvgIpc) is 2.83. The Morgan fingerprint density at radius 1 is 0.818 bits per heavy atom. The number of hydrogen-bond donors (Lipinski definition) is 1. The van der Waals surface area contributed by atoms with Gasteiger partial charge < -0.3 is 5.32 Å². The predicted molar refractivity (Wildman–Crippen MR) is 120 cm³/mol. The van der Waals surface area contributed by atoms with Crippen LogP contribution >= 0.6 is 0 Å². The summed E-state index contributed by atoms with van der Waals surface area (Å²) in [5.74, 6) is -0.835. The molecule has 8 nitrogen and oxygen atoms in total. The maximum absolute atomic E-state index is 13.1. The summed E-state index contributed by atoms with van der Waals surface area (Å²) in [6.07, 6.45) is 0. The van der Waals surface area contributed by atoms with Crippen LogP contribution in [0.4, 0.5) is 4.39 Å². The minimum Gasteiger partial charge on any atom is -0.349 e. The molecular weight excluding hydrogens is 425 g/mol. The largest absolute Gasteiger partial charge is 0.349 e. The fraction of sp³-hybridized carbons (Fsp3) is 0.125. The van der Waals surface area contributed by atoms with Gasteiger partial charge in [0.05, 0.1) is 18.8 Å². The van der Waals surface area contributed by atoms with Gasteiger partial charge in [-0.2, -0.15) is 10.2 Å². The van der Waals surface area contributed by atoms with Gasteiger partial charge in [0.25, 0.3) is 17.0 Å². The molecule has 0 saturated carbocycles. The second-order valence-electron chi connectivity index (χ2n) is 7.24. The zero-order valence-electron chi connectivity index (χ0n) is 17.5. The molecule has 2 aromatic heterocycles. The molecule has 4 aromatic rings. The van der Waals surface area contributed by atoms with Crippen LogP contribution in [0.3, 0.4) is 0 Å². The van der Waals surface area contributed by atoms with E-state index in [2.05, 4.69) is 15.5 Å². The number of hydrogen-bond acceptors (Lipinski definition) is 5. The molecular formula is C24H20FN5O3. The molecule has 1 N–H and O–H groups in total. The van der Waals surface area contributed by atoms with Crippen molar-refractivity contribution in [2.24, 2.45) is 0 Å². The summed E-state index contributed by atoms with van der Waals surface area (Å²) in [6, 6.07) is 20.7. The van der Waals surface area contributed by atoms with Crippen molar-refractivity contribution in [2.75, 3.05) is 6.54 Å². The van der Waals surface area contributed by atoms with Gasteiger partial charge in [-0.3, -0.25) is 14.4 Å². The minimum atomic E-state index is -0.473. The minimum absolute atomic E-state index is 0.0888. The Morgan fingerprint density at radius 2 is 1.52 bits per heavy atom. The van der Waals surface area contributed by atoms with E-state index in [1.807, 2.05) is 30.3 Å². The number of carbonyl (C=O) groups excluding carboxylic acids is 1. The van der Waals surface area contributed by atoms with E-state index in [0.29, 0.717) is 11.3 Å². The summed E-state index contributed by atoms with van der Waals surface area (Å²) in [5, 5.41) is 11.1. The van der Waals surface area contributed by atoms with Crippen LogP contribution in [0.2, 0.25) is 0 Å². The lowest BCUT2D eigenvalue weighted by atomic mass is 10.1. The van der Waals surface area contributed by atoms with E-state index < -0.39 is 5.91 Å². The van der Waals surface area contributed by atoms with Crippen molar-refractivity contribution in [3.63, 3.8) is 0 Å². The van der Waals surface area contributed by atoms with Gasteiger partial charge in [-0.05, 0) is 42.0 Å². The van der Waals surface area contributed by atoms with Crippen LogP contribution in [-0.4, -0.2) is 32.0 Å². The molecule has 0 atom stereocenters. The molecule has 0 aliphatic rings. The lowest BCUT2D eigenvalue weighted by molar-refractivity contribution is 0.0944. The zero-order chi connectivity index (χ0) is 23.2. The molecule has 0 unspecified atom stereocenters. The van der Waals surface area contributed by atoms with Gasteiger partial charge >= 0.3 is 0 Å². The number of rotatable bonds is 7. The summed E-state index contributed by atoms with van der Waals surface area (Å²) >= 11 is 0. The molecule has 0 aliphatic heterocycles. The fourth-order valence-corrected chi connectivity index (χ4v) is 3.19. The molecule has 33 heavy (non-hydrogen) atoms. The lowest BCUT2D eigenvalue weighted by Crippen LogP contribution is -2.34. The normalized spacial score (nSPS) is 10.7. The molecule has 0 aliphatic carbocycles. The van der Waals surface area contributed by atoms with E-state index >= 15 is 0 Å². The van der Waals surface area contributed by atoms with Crippen molar-refractivity contribution in [3.8, 4) is 11.3 Å². The molecule has 0 bridgehead atoms. The van der Waals surface area contributed by atoms with Crippen molar-refractivity contribution in [1.82, 2.24) is 24.9 Å². The summed E-state index contributed by atoms with van der Waals surface area (Å²) in [5.41, 5.74) is 1.50. The molecule has 0 saturated heterocycles. The standard InChI is InChI=1S/C24H20FN5O3/c25-19-8-6-18(7-9-19)20-10-12-22(31)29(27-20)15-14-26-24(33)21-11-13-23(32)30(28-21)16-17-4-2-1-3-5-17/h1-13H,14-16H2,(H,26,33). The van der Waals surface area contributed by atoms with Gasteiger partial charge in [0.15, 0.2) is 0 Å².